The summed E-state index contributed by atoms with van der Waals surface area (Å²) in [6.07, 6.45) is 5.44. The molecule has 27 heavy (non-hydrogen) atoms. The number of piperidine rings is 1. The molecule has 1 aliphatic heterocycles. The van der Waals surface area contributed by atoms with Crippen LogP contribution in [0.4, 0.5) is 0 Å². The summed E-state index contributed by atoms with van der Waals surface area (Å²) in [4.78, 5) is 23.5. The van der Waals surface area contributed by atoms with Crippen molar-refractivity contribution in [2.24, 2.45) is 0 Å². The lowest BCUT2D eigenvalue weighted by Crippen LogP contribution is -2.47. The van der Waals surface area contributed by atoms with Gasteiger partial charge in [-0.3, -0.25) is 14.7 Å². The van der Waals surface area contributed by atoms with Crippen molar-refractivity contribution in [2.45, 2.75) is 44.7 Å². The van der Waals surface area contributed by atoms with Crippen molar-refractivity contribution in [3.8, 4) is 0 Å². The van der Waals surface area contributed by atoms with Gasteiger partial charge in [0.25, 0.3) is 0 Å². The molecule has 2 atom stereocenters. The molecule has 5 nitrogen and oxygen atoms in total. The Morgan fingerprint density at radius 3 is 2.85 bits per heavy atom. The van der Waals surface area contributed by atoms with Crippen molar-refractivity contribution < 1.29 is 9.90 Å². The van der Waals surface area contributed by atoms with Crippen LogP contribution in [0.15, 0.2) is 42.6 Å². The number of aromatic nitrogens is 2. The summed E-state index contributed by atoms with van der Waals surface area (Å²) in [7, 11) is 0. The molecule has 0 spiro atoms. The second kappa shape index (κ2) is 7.74. The zero-order valence-corrected chi connectivity index (χ0v) is 16.2. The van der Waals surface area contributed by atoms with Crippen molar-refractivity contribution >= 4 is 27.5 Å². The first-order valence-corrected chi connectivity index (χ1v) is 10.3. The largest absolute Gasteiger partial charge is 0.480 e. The highest BCUT2D eigenvalue weighted by Crippen LogP contribution is 2.37. The number of aryl methyl sites for hydroxylation is 1. The van der Waals surface area contributed by atoms with E-state index in [-0.39, 0.29) is 6.04 Å². The average Bonchev–Trinajstić information content (AvgIpc) is 3.12. The molecule has 1 aliphatic rings. The second-order valence-corrected chi connectivity index (χ2v) is 8.02. The molecule has 2 unspecified atom stereocenters. The average molecular weight is 382 g/mol. The minimum atomic E-state index is -0.758. The number of fused-ring (bicyclic) bond motifs is 1. The zero-order chi connectivity index (χ0) is 18.8. The Hall–Kier alpha value is -2.31. The topological polar surface area (TPSA) is 66.3 Å². The van der Waals surface area contributed by atoms with Crippen molar-refractivity contribution in [3.05, 3.63) is 58.9 Å². The van der Waals surface area contributed by atoms with Gasteiger partial charge in [-0.05, 0) is 43.0 Å². The highest BCUT2D eigenvalue weighted by Gasteiger charge is 2.37. The van der Waals surface area contributed by atoms with Crippen LogP contribution in [0.25, 0.3) is 10.2 Å². The van der Waals surface area contributed by atoms with Crippen molar-refractivity contribution in [3.63, 3.8) is 0 Å². The van der Waals surface area contributed by atoms with E-state index in [0.29, 0.717) is 6.42 Å². The Morgan fingerprint density at radius 2 is 2.15 bits per heavy atom. The maximum Gasteiger partial charge on any atom is 0.320 e. The van der Waals surface area contributed by atoms with Crippen LogP contribution in [0.1, 0.15) is 48.5 Å². The van der Waals surface area contributed by atoms with E-state index in [4.69, 9.17) is 9.97 Å². The third-order valence-corrected chi connectivity index (χ3v) is 6.33. The van der Waals surface area contributed by atoms with Crippen molar-refractivity contribution in [1.29, 1.82) is 0 Å². The van der Waals surface area contributed by atoms with Crippen molar-refractivity contribution in [1.82, 2.24) is 14.9 Å². The molecule has 0 radical (unpaired) electrons. The zero-order valence-electron chi connectivity index (χ0n) is 15.3. The van der Waals surface area contributed by atoms with Crippen LogP contribution in [-0.2, 0) is 11.2 Å². The number of pyridine rings is 1. The summed E-state index contributed by atoms with van der Waals surface area (Å²) in [6.45, 7) is 2.85. The molecule has 3 aromatic rings. The number of carboxylic acid groups (broad SMARTS) is 1. The first kappa shape index (κ1) is 18.1. The fraction of sp³-hybridized carbons (Fsp3) is 0.381. The van der Waals surface area contributed by atoms with E-state index >= 15 is 0 Å². The standard InChI is InChI=1S/C21H23N3O2S/c1-2-14-10-11-16(22-13-14)19(24-12-6-5-8-17(24)21(25)26)20-23-15-7-3-4-9-18(15)27-20/h3-4,7,9-11,13,17,19H,2,5-6,8,12H2,1H3,(H,25,26). The Morgan fingerprint density at radius 1 is 1.30 bits per heavy atom. The number of thiazole rings is 1. The summed E-state index contributed by atoms with van der Waals surface area (Å²) < 4.78 is 1.12. The fourth-order valence-electron chi connectivity index (χ4n) is 3.78. The van der Waals surface area contributed by atoms with Gasteiger partial charge in [0, 0.05) is 12.7 Å². The van der Waals surface area contributed by atoms with Crippen LogP contribution in [0, 0.1) is 0 Å². The number of likely N-dealkylation sites (tertiary alicyclic amines) is 1. The van der Waals surface area contributed by atoms with Gasteiger partial charge in [0.1, 0.15) is 17.1 Å². The number of para-hydroxylation sites is 1. The van der Waals surface area contributed by atoms with E-state index in [1.165, 1.54) is 5.56 Å². The molecule has 6 heteroatoms. The number of aliphatic carboxylic acids is 1. The molecule has 0 bridgehead atoms. The molecule has 1 aromatic carbocycles. The molecule has 0 amide bonds. The minimum absolute atomic E-state index is 0.227. The number of carboxylic acids is 1. The molecule has 1 N–H and O–H groups in total. The lowest BCUT2D eigenvalue weighted by molar-refractivity contribution is -0.145. The van der Waals surface area contributed by atoms with Gasteiger partial charge in [-0.1, -0.05) is 31.5 Å². The predicted molar refractivity (Wildman–Crippen MR) is 107 cm³/mol. The van der Waals surface area contributed by atoms with E-state index in [9.17, 15) is 9.90 Å². The van der Waals surface area contributed by atoms with Crippen LogP contribution in [0.5, 0.6) is 0 Å². The van der Waals surface area contributed by atoms with E-state index < -0.39 is 12.0 Å². The summed E-state index contributed by atoms with van der Waals surface area (Å²) >= 11 is 1.63. The van der Waals surface area contributed by atoms with Gasteiger partial charge in [-0.15, -0.1) is 11.3 Å². The molecular weight excluding hydrogens is 358 g/mol. The van der Waals surface area contributed by atoms with Gasteiger partial charge in [0.15, 0.2) is 0 Å². The lowest BCUT2D eigenvalue weighted by Gasteiger charge is -2.37. The van der Waals surface area contributed by atoms with E-state index in [1.807, 2.05) is 30.5 Å². The van der Waals surface area contributed by atoms with Gasteiger partial charge >= 0.3 is 5.97 Å². The van der Waals surface area contributed by atoms with Crippen LogP contribution >= 0.6 is 11.3 Å². The smallest absolute Gasteiger partial charge is 0.320 e. The quantitative estimate of drug-likeness (QED) is 0.714. The molecule has 0 aliphatic carbocycles. The van der Waals surface area contributed by atoms with Crippen LogP contribution < -0.4 is 0 Å². The predicted octanol–water partition coefficient (Wildman–Crippen LogP) is 4.28. The molecular formula is C21H23N3O2S. The number of benzene rings is 1. The number of carbonyl (C=O) groups is 1. The normalized spacial score (nSPS) is 19.2. The van der Waals surface area contributed by atoms with Crippen LogP contribution in [0.3, 0.4) is 0 Å². The number of hydrogen-bond donors (Lipinski definition) is 1. The van der Waals surface area contributed by atoms with Gasteiger partial charge < -0.3 is 5.11 Å². The Balaban J connectivity index is 1.81. The van der Waals surface area contributed by atoms with Crippen molar-refractivity contribution in [2.75, 3.05) is 6.54 Å². The Labute approximate surface area is 162 Å². The summed E-state index contributed by atoms with van der Waals surface area (Å²) in [5.41, 5.74) is 3.01. The van der Waals surface area contributed by atoms with E-state index in [0.717, 1.165) is 46.7 Å². The first-order chi connectivity index (χ1) is 13.2. The lowest BCUT2D eigenvalue weighted by atomic mass is 9.98. The molecule has 2 aromatic heterocycles. The second-order valence-electron chi connectivity index (χ2n) is 6.95. The van der Waals surface area contributed by atoms with Crippen LogP contribution in [-0.4, -0.2) is 38.5 Å². The number of rotatable bonds is 5. The number of nitrogens with zero attached hydrogens (tertiary/aromatic N) is 3. The number of hydrogen-bond acceptors (Lipinski definition) is 5. The monoisotopic (exact) mass is 381 g/mol. The van der Waals surface area contributed by atoms with E-state index in [1.54, 1.807) is 11.3 Å². The third-order valence-electron chi connectivity index (χ3n) is 5.24. The van der Waals surface area contributed by atoms with Crippen LogP contribution in [0.2, 0.25) is 0 Å². The summed E-state index contributed by atoms with van der Waals surface area (Å²) in [6, 6.07) is 11.4. The van der Waals surface area contributed by atoms with Gasteiger partial charge in [-0.25, -0.2) is 4.98 Å². The molecule has 140 valence electrons. The minimum Gasteiger partial charge on any atom is -0.480 e. The van der Waals surface area contributed by atoms with Gasteiger partial charge in [-0.2, -0.15) is 0 Å². The maximum atomic E-state index is 11.9. The summed E-state index contributed by atoms with van der Waals surface area (Å²) in [5, 5.41) is 10.7. The van der Waals surface area contributed by atoms with E-state index in [2.05, 4.69) is 24.0 Å². The first-order valence-electron chi connectivity index (χ1n) is 9.46. The maximum absolute atomic E-state index is 11.9. The van der Waals surface area contributed by atoms with Gasteiger partial charge in [0.05, 0.1) is 15.9 Å². The Bertz CT molecular complexity index is 905. The molecule has 3 heterocycles. The highest BCUT2D eigenvalue weighted by atomic mass is 32.1. The Kier molecular flexibility index (Phi) is 5.18. The molecule has 1 fully saturated rings. The molecule has 4 rings (SSSR count). The third kappa shape index (κ3) is 3.59. The molecule has 0 saturated carbocycles. The SMILES string of the molecule is CCc1ccc(C(c2nc3ccccc3s2)N2CCCCC2C(=O)O)nc1. The highest BCUT2D eigenvalue weighted by molar-refractivity contribution is 7.18. The summed E-state index contributed by atoms with van der Waals surface area (Å²) in [5.74, 6) is -0.758. The fourth-order valence-corrected chi connectivity index (χ4v) is 4.88. The van der Waals surface area contributed by atoms with Gasteiger partial charge in [0.2, 0.25) is 0 Å². The molecule has 1 saturated heterocycles.